The Hall–Kier alpha value is -4.11. The van der Waals surface area contributed by atoms with Gasteiger partial charge in [-0.15, -0.1) is 0 Å². The van der Waals surface area contributed by atoms with Gasteiger partial charge >= 0.3 is 0 Å². The average molecular weight is 493 g/mol. The van der Waals surface area contributed by atoms with Crippen LogP contribution in [0.2, 0.25) is 5.02 Å². The molecule has 2 amide bonds. The van der Waals surface area contributed by atoms with Crippen molar-refractivity contribution in [3.8, 4) is 5.75 Å². The van der Waals surface area contributed by atoms with E-state index in [9.17, 15) is 9.59 Å². The van der Waals surface area contributed by atoms with Crippen LogP contribution in [0.1, 0.15) is 39.0 Å². The second-order valence-corrected chi connectivity index (χ2v) is 8.27. The van der Waals surface area contributed by atoms with Crippen molar-refractivity contribution in [2.75, 3.05) is 10.6 Å². The van der Waals surface area contributed by atoms with Gasteiger partial charge in [-0.2, -0.15) is 10.2 Å². The lowest BCUT2D eigenvalue weighted by Gasteiger charge is -2.10. The fraction of sp³-hybridized carbons (Fsp3) is 0.200. The van der Waals surface area contributed by atoms with Gasteiger partial charge in [-0.3, -0.25) is 19.0 Å². The lowest BCUT2D eigenvalue weighted by atomic mass is 10.1. The number of hydrogen-bond acceptors (Lipinski definition) is 5. The number of nitrogens with zero attached hydrogens (tertiary/aromatic N) is 4. The zero-order valence-corrected chi connectivity index (χ0v) is 20.3. The van der Waals surface area contributed by atoms with Crippen LogP contribution in [0.25, 0.3) is 0 Å². The summed E-state index contributed by atoms with van der Waals surface area (Å²) in [5, 5.41) is 14.7. The highest BCUT2D eigenvalue weighted by atomic mass is 35.5. The normalized spacial score (nSPS) is 10.7. The predicted octanol–water partition coefficient (Wildman–Crippen LogP) is 4.68. The Morgan fingerprint density at radius 2 is 1.60 bits per heavy atom. The molecule has 0 unspecified atom stereocenters. The Morgan fingerprint density at radius 3 is 2.23 bits per heavy atom. The summed E-state index contributed by atoms with van der Waals surface area (Å²) in [7, 11) is 1.79. The third-order valence-electron chi connectivity index (χ3n) is 5.52. The fourth-order valence-electron chi connectivity index (χ4n) is 3.40. The largest absolute Gasteiger partial charge is 0.489 e. The molecule has 0 aliphatic rings. The van der Waals surface area contributed by atoms with Crippen molar-refractivity contribution in [2.45, 2.75) is 27.0 Å². The van der Waals surface area contributed by atoms with E-state index in [1.165, 1.54) is 10.9 Å². The maximum absolute atomic E-state index is 13.0. The van der Waals surface area contributed by atoms with E-state index in [-0.39, 0.29) is 17.5 Å². The maximum atomic E-state index is 13.0. The highest BCUT2D eigenvalue weighted by molar-refractivity contribution is 6.30. The van der Waals surface area contributed by atoms with E-state index in [0.29, 0.717) is 40.9 Å². The summed E-state index contributed by atoms with van der Waals surface area (Å²) in [6, 6.07) is 14.2. The molecule has 0 saturated carbocycles. The molecule has 35 heavy (non-hydrogen) atoms. The highest BCUT2D eigenvalue weighted by Gasteiger charge is 2.21. The van der Waals surface area contributed by atoms with Crippen LogP contribution in [0.15, 0.2) is 60.9 Å². The SMILES string of the molecule is CCn1ncc(NC(=O)c2ccc(COc3ccc(Cl)cc3)cc2)c1C(=O)Nc1cnn(C)c1C. The van der Waals surface area contributed by atoms with E-state index in [0.717, 1.165) is 11.3 Å². The number of halogens is 1. The molecule has 2 aromatic carbocycles. The molecule has 0 atom stereocenters. The Morgan fingerprint density at radius 1 is 0.943 bits per heavy atom. The molecule has 0 fully saturated rings. The topological polar surface area (TPSA) is 103 Å². The lowest BCUT2D eigenvalue weighted by molar-refractivity contribution is 0.101. The number of aryl methyl sites for hydroxylation is 2. The first-order valence-electron chi connectivity index (χ1n) is 11.0. The Kier molecular flexibility index (Phi) is 7.17. The summed E-state index contributed by atoms with van der Waals surface area (Å²) in [5.41, 5.74) is 3.34. The molecule has 0 radical (unpaired) electrons. The quantitative estimate of drug-likeness (QED) is 0.371. The van der Waals surface area contributed by atoms with Crippen LogP contribution < -0.4 is 15.4 Å². The molecule has 9 nitrogen and oxygen atoms in total. The average Bonchev–Trinajstić information content (AvgIpc) is 3.41. The fourth-order valence-corrected chi connectivity index (χ4v) is 3.53. The summed E-state index contributed by atoms with van der Waals surface area (Å²) < 4.78 is 8.94. The van der Waals surface area contributed by atoms with Crippen LogP contribution in [0.4, 0.5) is 11.4 Å². The molecule has 0 saturated heterocycles. The van der Waals surface area contributed by atoms with Gasteiger partial charge < -0.3 is 15.4 Å². The number of anilines is 2. The zero-order valence-electron chi connectivity index (χ0n) is 19.6. The molecule has 0 aliphatic heterocycles. The number of hydrogen-bond donors (Lipinski definition) is 2. The van der Waals surface area contributed by atoms with Crippen LogP contribution in [0.5, 0.6) is 5.75 Å². The van der Waals surface area contributed by atoms with Crippen LogP contribution in [0.3, 0.4) is 0 Å². The summed E-state index contributed by atoms with van der Waals surface area (Å²) >= 11 is 5.89. The van der Waals surface area contributed by atoms with E-state index in [2.05, 4.69) is 20.8 Å². The molecule has 4 rings (SSSR count). The number of ether oxygens (including phenoxy) is 1. The van der Waals surface area contributed by atoms with Gasteiger partial charge in [0, 0.05) is 24.2 Å². The Balaban J connectivity index is 1.43. The van der Waals surface area contributed by atoms with Gasteiger partial charge in [-0.05, 0) is 55.8 Å². The molecule has 4 aromatic rings. The summed E-state index contributed by atoms with van der Waals surface area (Å²) in [6.07, 6.45) is 3.05. The first kappa shape index (κ1) is 24.0. The van der Waals surface area contributed by atoms with E-state index in [1.807, 2.05) is 26.0 Å². The number of amides is 2. The first-order valence-corrected chi connectivity index (χ1v) is 11.4. The van der Waals surface area contributed by atoms with E-state index in [1.54, 1.807) is 54.3 Å². The Bertz CT molecular complexity index is 1340. The molecule has 180 valence electrons. The van der Waals surface area contributed by atoms with Crippen molar-refractivity contribution < 1.29 is 14.3 Å². The number of carbonyl (C=O) groups is 2. The monoisotopic (exact) mass is 492 g/mol. The molecular formula is C25H25ClN6O3. The van der Waals surface area contributed by atoms with Gasteiger partial charge in [0.2, 0.25) is 0 Å². The summed E-state index contributed by atoms with van der Waals surface area (Å²) in [5.74, 6) is -0.0284. The third kappa shape index (κ3) is 5.52. The second kappa shape index (κ2) is 10.4. The number of nitrogens with one attached hydrogen (secondary N) is 2. The minimum atomic E-state index is -0.384. The molecule has 10 heteroatoms. The van der Waals surface area contributed by atoms with Gasteiger partial charge in [0.15, 0.2) is 0 Å². The second-order valence-electron chi connectivity index (χ2n) is 7.84. The molecule has 2 aromatic heterocycles. The Labute approximate surface area is 207 Å². The zero-order chi connectivity index (χ0) is 24.9. The van der Waals surface area contributed by atoms with E-state index < -0.39 is 0 Å². The smallest absolute Gasteiger partial charge is 0.276 e. The number of benzene rings is 2. The molecule has 2 heterocycles. The van der Waals surface area contributed by atoms with Gasteiger partial charge in [0.25, 0.3) is 11.8 Å². The van der Waals surface area contributed by atoms with Crippen LogP contribution in [-0.4, -0.2) is 31.4 Å². The van der Waals surface area contributed by atoms with Gasteiger partial charge in [0.05, 0.1) is 29.5 Å². The molecule has 0 spiro atoms. The molecule has 0 bridgehead atoms. The van der Waals surface area contributed by atoms with Crippen molar-refractivity contribution >= 4 is 34.8 Å². The third-order valence-corrected chi connectivity index (χ3v) is 5.77. The highest BCUT2D eigenvalue weighted by Crippen LogP contribution is 2.21. The minimum absolute atomic E-state index is 0.261. The minimum Gasteiger partial charge on any atom is -0.489 e. The van der Waals surface area contributed by atoms with Gasteiger partial charge in [-0.1, -0.05) is 23.7 Å². The predicted molar refractivity (Wildman–Crippen MR) is 134 cm³/mol. The van der Waals surface area contributed by atoms with Crippen LogP contribution in [0, 0.1) is 6.92 Å². The van der Waals surface area contributed by atoms with E-state index >= 15 is 0 Å². The molecule has 0 aliphatic carbocycles. The van der Waals surface area contributed by atoms with Crippen molar-refractivity contribution in [3.05, 3.63) is 88.5 Å². The van der Waals surface area contributed by atoms with Gasteiger partial charge in [0.1, 0.15) is 18.1 Å². The molecule has 2 N–H and O–H groups in total. The van der Waals surface area contributed by atoms with Crippen molar-refractivity contribution in [1.82, 2.24) is 19.6 Å². The molecular weight excluding hydrogens is 468 g/mol. The number of carbonyl (C=O) groups excluding carboxylic acids is 2. The van der Waals surface area contributed by atoms with E-state index in [4.69, 9.17) is 16.3 Å². The summed E-state index contributed by atoms with van der Waals surface area (Å²) in [6.45, 7) is 4.54. The van der Waals surface area contributed by atoms with Crippen molar-refractivity contribution in [1.29, 1.82) is 0 Å². The van der Waals surface area contributed by atoms with Crippen LogP contribution >= 0.6 is 11.6 Å². The number of aromatic nitrogens is 4. The number of rotatable bonds is 8. The van der Waals surface area contributed by atoms with Gasteiger partial charge in [-0.25, -0.2) is 0 Å². The van der Waals surface area contributed by atoms with Crippen molar-refractivity contribution in [3.63, 3.8) is 0 Å². The standard InChI is InChI=1S/C25H25ClN6O3/c1-4-32-23(25(34)29-21-13-27-31(3)16(21)2)22(14-28-32)30-24(33)18-7-5-17(6-8-18)15-35-20-11-9-19(26)10-12-20/h5-14H,4,15H2,1-3H3,(H,29,34)(H,30,33). The van der Waals surface area contributed by atoms with Crippen LogP contribution in [-0.2, 0) is 20.2 Å². The lowest BCUT2D eigenvalue weighted by Crippen LogP contribution is -2.21. The first-order chi connectivity index (χ1) is 16.9. The maximum Gasteiger partial charge on any atom is 0.276 e. The van der Waals surface area contributed by atoms with Crippen molar-refractivity contribution in [2.24, 2.45) is 7.05 Å². The summed E-state index contributed by atoms with van der Waals surface area (Å²) in [4.78, 5) is 25.9.